The van der Waals surface area contributed by atoms with Gasteiger partial charge >= 0.3 is 0 Å². The number of hydrogen-bond donors (Lipinski definition) is 1. The maximum Gasteiger partial charge on any atom is 0.0642 e. The lowest BCUT2D eigenvalue weighted by Crippen LogP contribution is -2.26. The standard InChI is InChI=1S/C14H23ClN2/c1-3-10-17(11-4-2)14-12(8-9-16)6-5-7-13(14)15/h5-7H,3-4,8-11,16H2,1-2H3. The van der Waals surface area contributed by atoms with E-state index in [1.54, 1.807) is 0 Å². The van der Waals surface area contributed by atoms with E-state index >= 15 is 0 Å². The first-order valence-corrected chi connectivity index (χ1v) is 6.84. The molecule has 17 heavy (non-hydrogen) atoms. The van der Waals surface area contributed by atoms with Crippen molar-refractivity contribution in [3.05, 3.63) is 28.8 Å². The number of halogens is 1. The molecule has 0 aromatic heterocycles. The Balaban J connectivity index is 3.05. The molecule has 0 heterocycles. The molecular weight excluding hydrogens is 232 g/mol. The molecule has 0 fully saturated rings. The van der Waals surface area contributed by atoms with Crippen molar-refractivity contribution in [3.63, 3.8) is 0 Å². The molecule has 0 atom stereocenters. The third kappa shape index (κ3) is 3.90. The van der Waals surface area contributed by atoms with Gasteiger partial charge in [0.2, 0.25) is 0 Å². The van der Waals surface area contributed by atoms with Gasteiger partial charge in [0.15, 0.2) is 0 Å². The van der Waals surface area contributed by atoms with Gasteiger partial charge < -0.3 is 10.6 Å². The molecule has 0 saturated carbocycles. The van der Waals surface area contributed by atoms with Crippen LogP contribution >= 0.6 is 11.6 Å². The van der Waals surface area contributed by atoms with E-state index in [2.05, 4.69) is 24.8 Å². The number of nitrogens with zero attached hydrogens (tertiary/aromatic N) is 1. The summed E-state index contributed by atoms with van der Waals surface area (Å²) < 4.78 is 0. The van der Waals surface area contributed by atoms with Gasteiger partial charge in [0.25, 0.3) is 0 Å². The Bertz CT molecular complexity index is 333. The molecule has 1 aromatic carbocycles. The topological polar surface area (TPSA) is 29.3 Å². The summed E-state index contributed by atoms with van der Waals surface area (Å²) in [7, 11) is 0. The van der Waals surface area contributed by atoms with Gasteiger partial charge in [-0.3, -0.25) is 0 Å². The van der Waals surface area contributed by atoms with Crippen molar-refractivity contribution in [1.29, 1.82) is 0 Å². The van der Waals surface area contributed by atoms with Gasteiger partial charge in [-0.05, 0) is 37.4 Å². The molecule has 2 nitrogen and oxygen atoms in total. The van der Waals surface area contributed by atoms with Gasteiger partial charge in [-0.15, -0.1) is 0 Å². The number of nitrogens with two attached hydrogens (primary N) is 1. The molecule has 0 aliphatic heterocycles. The minimum Gasteiger partial charge on any atom is -0.370 e. The number of hydrogen-bond acceptors (Lipinski definition) is 2. The molecule has 96 valence electrons. The van der Waals surface area contributed by atoms with Crippen molar-refractivity contribution in [2.75, 3.05) is 24.5 Å². The van der Waals surface area contributed by atoms with Crippen LogP contribution < -0.4 is 10.6 Å². The summed E-state index contributed by atoms with van der Waals surface area (Å²) in [5.41, 5.74) is 8.12. The van der Waals surface area contributed by atoms with E-state index in [0.29, 0.717) is 6.54 Å². The molecule has 0 amide bonds. The molecule has 1 aromatic rings. The van der Waals surface area contributed by atoms with Crippen molar-refractivity contribution in [2.24, 2.45) is 5.73 Å². The van der Waals surface area contributed by atoms with Crippen LogP contribution in [-0.4, -0.2) is 19.6 Å². The fourth-order valence-corrected chi connectivity index (χ4v) is 2.46. The lowest BCUT2D eigenvalue weighted by molar-refractivity contribution is 0.739. The maximum atomic E-state index is 6.35. The highest BCUT2D eigenvalue weighted by atomic mass is 35.5. The van der Waals surface area contributed by atoms with Crippen LogP contribution in [0.2, 0.25) is 5.02 Å². The van der Waals surface area contributed by atoms with Crippen LogP contribution in [0.1, 0.15) is 32.3 Å². The Labute approximate surface area is 110 Å². The molecule has 0 saturated heterocycles. The van der Waals surface area contributed by atoms with E-state index in [-0.39, 0.29) is 0 Å². The maximum absolute atomic E-state index is 6.35. The Hall–Kier alpha value is -0.730. The fraction of sp³-hybridized carbons (Fsp3) is 0.571. The Kier molecular flexibility index (Phi) is 6.38. The Morgan fingerprint density at radius 3 is 2.35 bits per heavy atom. The quantitative estimate of drug-likeness (QED) is 0.807. The van der Waals surface area contributed by atoms with Crippen LogP contribution in [0, 0.1) is 0 Å². The van der Waals surface area contributed by atoms with Crippen LogP contribution in [0.4, 0.5) is 5.69 Å². The predicted octanol–water partition coefficient (Wildman–Crippen LogP) is 3.47. The SMILES string of the molecule is CCCN(CCC)c1c(Cl)cccc1CCN. The van der Waals surface area contributed by atoms with Crippen LogP contribution in [0.5, 0.6) is 0 Å². The number of rotatable bonds is 7. The van der Waals surface area contributed by atoms with Gasteiger partial charge in [-0.1, -0.05) is 37.6 Å². The zero-order chi connectivity index (χ0) is 12.7. The summed E-state index contributed by atoms with van der Waals surface area (Å²) in [6, 6.07) is 6.11. The minimum absolute atomic E-state index is 0.666. The second kappa shape index (κ2) is 7.57. The van der Waals surface area contributed by atoms with E-state index in [0.717, 1.165) is 37.4 Å². The molecule has 3 heteroatoms. The minimum atomic E-state index is 0.666. The summed E-state index contributed by atoms with van der Waals surface area (Å²) in [6.07, 6.45) is 3.15. The van der Waals surface area contributed by atoms with Gasteiger partial charge in [-0.2, -0.15) is 0 Å². The van der Waals surface area contributed by atoms with Crippen molar-refractivity contribution >= 4 is 17.3 Å². The van der Waals surface area contributed by atoms with Gasteiger partial charge in [0.05, 0.1) is 10.7 Å². The first kappa shape index (κ1) is 14.3. The molecule has 0 aliphatic rings. The van der Waals surface area contributed by atoms with E-state index in [9.17, 15) is 0 Å². The van der Waals surface area contributed by atoms with Crippen molar-refractivity contribution in [3.8, 4) is 0 Å². The lowest BCUT2D eigenvalue weighted by atomic mass is 10.1. The summed E-state index contributed by atoms with van der Waals surface area (Å²) in [4.78, 5) is 2.38. The number of para-hydroxylation sites is 1. The molecule has 0 bridgehead atoms. The Morgan fingerprint density at radius 2 is 1.82 bits per heavy atom. The molecule has 0 unspecified atom stereocenters. The lowest BCUT2D eigenvalue weighted by Gasteiger charge is -2.27. The largest absolute Gasteiger partial charge is 0.370 e. The third-order valence-corrected chi connectivity index (χ3v) is 3.09. The molecular formula is C14H23ClN2. The second-order valence-electron chi connectivity index (χ2n) is 4.27. The van der Waals surface area contributed by atoms with Crippen LogP contribution in [0.3, 0.4) is 0 Å². The zero-order valence-corrected chi connectivity index (χ0v) is 11.6. The number of anilines is 1. The monoisotopic (exact) mass is 254 g/mol. The highest BCUT2D eigenvalue weighted by molar-refractivity contribution is 6.33. The molecule has 1 rings (SSSR count). The average molecular weight is 255 g/mol. The molecule has 2 N–H and O–H groups in total. The van der Waals surface area contributed by atoms with E-state index in [4.69, 9.17) is 17.3 Å². The van der Waals surface area contributed by atoms with Crippen LogP contribution in [0.25, 0.3) is 0 Å². The number of benzene rings is 1. The second-order valence-corrected chi connectivity index (χ2v) is 4.68. The molecule has 0 aliphatic carbocycles. The van der Waals surface area contributed by atoms with Gasteiger partial charge in [0.1, 0.15) is 0 Å². The highest BCUT2D eigenvalue weighted by Gasteiger charge is 2.13. The summed E-state index contributed by atoms with van der Waals surface area (Å²) in [6.45, 7) is 7.16. The fourth-order valence-electron chi connectivity index (χ4n) is 2.15. The van der Waals surface area contributed by atoms with Crippen molar-refractivity contribution in [1.82, 2.24) is 0 Å². The predicted molar refractivity (Wildman–Crippen MR) is 77.0 cm³/mol. The average Bonchev–Trinajstić information content (AvgIpc) is 2.30. The van der Waals surface area contributed by atoms with Crippen molar-refractivity contribution in [2.45, 2.75) is 33.1 Å². The van der Waals surface area contributed by atoms with E-state index < -0.39 is 0 Å². The van der Waals surface area contributed by atoms with E-state index in [1.165, 1.54) is 11.3 Å². The highest BCUT2D eigenvalue weighted by Crippen LogP contribution is 2.30. The van der Waals surface area contributed by atoms with Gasteiger partial charge in [-0.25, -0.2) is 0 Å². The van der Waals surface area contributed by atoms with Crippen LogP contribution in [-0.2, 0) is 6.42 Å². The van der Waals surface area contributed by atoms with Crippen LogP contribution in [0.15, 0.2) is 18.2 Å². The summed E-state index contributed by atoms with van der Waals surface area (Å²) in [5, 5.41) is 0.845. The summed E-state index contributed by atoms with van der Waals surface area (Å²) >= 11 is 6.35. The smallest absolute Gasteiger partial charge is 0.0642 e. The summed E-state index contributed by atoms with van der Waals surface area (Å²) in [5.74, 6) is 0. The first-order chi connectivity index (χ1) is 8.24. The molecule has 0 radical (unpaired) electrons. The Morgan fingerprint density at radius 1 is 1.18 bits per heavy atom. The normalized spacial score (nSPS) is 10.6. The van der Waals surface area contributed by atoms with E-state index in [1.807, 2.05) is 12.1 Å². The van der Waals surface area contributed by atoms with Gasteiger partial charge in [0, 0.05) is 13.1 Å². The third-order valence-electron chi connectivity index (χ3n) is 2.79. The zero-order valence-electron chi connectivity index (χ0n) is 10.9. The van der Waals surface area contributed by atoms with Crippen molar-refractivity contribution < 1.29 is 0 Å². The first-order valence-electron chi connectivity index (χ1n) is 6.47. The molecule has 0 spiro atoms.